The molecule has 0 saturated carbocycles. The molecule has 1 unspecified atom stereocenters. The lowest BCUT2D eigenvalue weighted by Gasteiger charge is -2.30. The smallest absolute Gasteiger partial charge is 0.244 e. The largest absolute Gasteiger partial charge is 0.329 e. The summed E-state index contributed by atoms with van der Waals surface area (Å²) in [4.78, 5) is 45.3. The van der Waals surface area contributed by atoms with Crippen LogP contribution in [0.25, 0.3) is 0 Å². The fourth-order valence-corrected chi connectivity index (χ4v) is 5.51. The van der Waals surface area contributed by atoms with Crippen LogP contribution < -0.4 is 16.4 Å². The van der Waals surface area contributed by atoms with Crippen LogP contribution in [0.2, 0.25) is 0 Å². The molecule has 4 N–H and O–H groups in total. The van der Waals surface area contributed by atoms with E-state index < -0.39 is 10.8 Å². The molecule has 0 radical (unpaired) electrons. The molecule has 1 aromatic heterocycles. The molecule has 5 rings (SSSR count). The van der Waals surface area contributed by atoms with Gasteiger partial charge < -0.3 is 21.3 Å². The highest BCUT2D eigenvalue weighted by Crippen LogP contribution is 2.46. The zero-order valence-corrected chi connectivity index (χ0v) is 22.0. The molecule has 3 aromatic rings. The lowest BCUT2D eigenvalue weighted by atomic mass is 9.79. The number of hydrogen-bond acceptors (Lipinski definition) is 5. The summed E-state index contributed by atoms with van der Waals surface area (Å²) in [5, 5.41) is 5.88. The van der Waals surface area contributed by atoms with E-state index in [1.165, 1.54) is 0 Å². The van der Waals surface area contributed by atoms with E-state index >= 15 is 0 Å². The van der Waals surface area contributed by atoms with Gasteiger partial charge in [0.15, 0.2) is 0 Å². The number of pyridine rings is 1. The van der Waals surface area contributed by atoms with Gasteiger partial charge in [-0.25, -0.2) is 4.98 Å². The fourth-order valence-electron chi connectivity index (χ4n) is 5.51. The maximum absolute atomic E-state index is 13.3. The van der Waals surface area contributed by atoms with Crippen molar-refractivity contribution in [3.63, 3.8) is 0 Å². The van der Waals surface area contributed by atoms with E-state index in [0.717, 1.165) is 27.8 Å². The number of carbonyl (C=O) groups excluding carboxylic acids is 3. The Labute approximate surface area is 222 Å². The quantitative estimate of drug-likeness (QED) is 0.468. The second-order valence-electron chi connectivity index (χ2n) is 11.2. The van der Waals surface area contributed by atoms with Gasteiger partial charge in [-0.2, -0.15) is 0 Å². The van der Waals surface area contributed by atoms with Crippen molar-refractivity contribution in [1.82, 2.24) is 9.88 Å². The van der Waals surface area contributed by atoms with Gasteiger partial charge in [-0.3, -0.25) is 14.4 Å². The molecule has 1 aliphatic heterocycles. The van der Waals surface area contributed by atoms with Crippen molar-refractivity contribution in [2.24, 2.45) is 11.1 Å². The molecule has 1 aliphatic carbocycles. The fraction of sp³-hybridized carbons (Fsp3) is 0.333. The monoisotopic (exact) mass is 511 g/mol. The zero-order chi connectivity index (χ0) is 27.1. The Morgan fingerprint density at radius 1 is 1.05 bits per heavy atom. The van der Waals surface area contributed by atoms with Gasteiger partial charge in [-0.05, 0) is 53.3 Å². The third-order valence-electron chi connectivity index (χ3n) is 7.43. The maximum Gasteiger partial charge on any atom is 0.244 e. The molecule has 8 nitrogen and oxygen atoms in total. The van der Waals surface area contributed by atoms with E-state index in [1.54, 1.807) is 11.1 Å². The predicted octanol–water partition coefficient (Wildman–Crippen LogP) is 3.54. The number of fused-ring (bicyclic) bond motifs is 3. The third-order valence-corrected chi connectivity index (χ3v) is 7.43. The van der Waals surface area contributed by atoms with Crippen LogP contribution in [0, 0.1) is 5.41 Å². The van der Waals surface area contributed by atoms with Crippen LogP contribution in [-0.2, 0) is 45.7 Å². The van der Waals surface area contributed by atoms with Gasteiger partial charge in [0, 0.05) is 36.0 Å². The molecule has 2 aliphatic rings. The number of hydrogen-bond donors (Lipinski definition) is 3. The lowest BCUT2D eigenvalue weighted by molar-refractivity contribution is -0.142. The summed E-state index contributed by atoms with van der Waals surface area (Å²) in [6.07, 6.45) is 2.81. The van der Waals surface area contributed by atoms with E-state index in [-0.39, 0.29) is 24.3 Å². The van der Waals surface area contributed by atoms with Gasteiger partial charge in [0.2, 0.25) is 17.7 Å². The number of carbonyl (C=O) groups is 3. The van der Waals surface area contributed by atoms with E-state index in [4.69, 9.17) is 5.73 Å². The second-order valence-corrected chi connectivity index (χ2v) is 11.2. The first kappa shape index (κ1) is 25.6. The van der Waals surface area contributed by atoms with Crippen LogP contribution in [0.4, 0.5) is 11.5 Å². The van der Waals surface area contributed by atoms with Crippen molar-refractivity contribution in [2.75, 3.05) is 17.2 Å². The number of benzene rings is 2. The van der Waals surface area contributed by atoms with E-state index in [9.17, 15) is 14.4 Å². The number of nitrogens with zero attached hydrogens (tertiary/aromatic N) is 2. The van der Waals surface area contributed by atoms with Crippen LogP contribution in [0.15, 0.2) is 60.8 Å². The van der Waals surface area contributed by atoms with Crippen LogP contribution in [0.5, 0.6) is 0 Å². The normalized spacial score (nSPS) is 17.6. The lowest BCUT2D eigenvalue weighted by Crippen LogP contribution is -2.43. The van der Waals surface area contributed by atoms with Crippen molar-refractivity contribution in [1.29, 1.82) is 0 Å². The van der Waals surface area contributed by atoms with Gasteiger partial charge in [-0.1, -0.05) is 57.2 Å². The number of amides is 3. The zero-order valence-electron chi connectivity index (χ0n) is 22.0. The summed E-state index contributed by atoms with van der Waals surface area (Å²) in [5.41, 5.74) is 10.1. The van der Waals surface area contributed by atoms with E-state index in [0.29, 0.717) is 37.4 Å². The standard InChI is InChI=1S/C30H33N5O3/c1-29(2,3)28(38)35(17-21-8-5-4-7-20(21)16-31)18-25(36)33-23-11-10-19-14-30(15-22(19)13-23)24-9-6-12-32-26(24)34-27(30)37/h4-13H,14-18,31H2,1-3H3,(H,33,36)(H,32,34,37). The summed E-state index contributed by atoms with van der Waals surface area (Å²) in [6, 6.07) is 17.3. The Hall–Kier alpha value is -4.04. The van der Waals surface area contributed by atoms with Gasteiger partial charge in [-0.15, -0.1) is 0 Å². The SMILES string of the molecule is CC(C)(C)C(=O)N(CC(=O)Nc1ccc2c(c1)CC1(C2)C(=O)Nc2ncccc21)Cc1ccccc1CN. The molecule has 0 fully saturated rings. The highest BCUT2D eigenvalue weighted by Gasteiger charge is 2.51. The molecule has 0 saturated heterocycles. The maximum atomic E-state index is 13.3. The Balaban J connectivity index is 1.33. The van der Waals surface area contributed by atoms with E-state index in [1.807, 2.05) is 75.4 Å². The number of rotatable bonds is 6. The third kappa shape index (κ3) is 4.67. The van der Waals surface area contributed by atoms with Crippen LogP contribution in [0.1, 0.15) is 48.6 Å². The second kappa shape index (κ2) is 9.68. The summed E-state index contributed by atoms with van der Waals surface area (Å²) in [6.45, 7) is 6.10. The van der Waals surface area contributed by atoms with Crippen molar-refractivity contribution >= 4 is 29.2 Å². The molecular weight excluding hydrogens is 478 g/mol. The number of aromatic nitrogens is 1. The van der Waals surface area contributed by atoms with Crippen LogP contribution in [0.3, 0.4) is 0 Å². The van der Waals surface area contributed by atoms with Crippen molar-refractivity contribution < 1.29 is 14.4 Å². The molecule has 38 heavy (non-hydrogen) atoms. The average molecular weight is 512 g/mol. The number of nitrogens with two attached hydrogens (primary N) is 1. The molecular formula is C30H33N5O3. The highest BCUT2D eigenvalue weighted by atomic mass is 16.2. The van der Waals surface area contributed by atoms with Gasteiger partial charge in [0.1, 0.15) is 12.4 Å². The Morgan fingerprint density at radius 3 is 2.53 bits per heavy atom. The van der Waals surface area contributed by atoms with Crippen molar-refractivity contribution in [2.45, 2.75) is 52.1 Å². The Kier molecular flexibility index (Phi) is 6.53. The van der Waals surface area contributed by atoms with Crippen molar-refractivity contribution in [3.8, 4) is 0 Å². The first-order valence-electron chi connectivity index (χ1n) is 12.9. The van der Waals surface area contributed by atoms with Crippen LogP contribution >= 0.6 is 0 Å². The summed E-state index contributed by atoms with van der Waals surface area (Å²) >= 11 is 0. The molecule has 2 heterocycles. The van der Waals surface area contributed by atoms with E-state index in [2.05, 4.69) is 15.6 Å². The first-order valence-corrected chi connectivity index (χ1v) is 12.9. The number of anilines is 2. The van der Waals surface area contributed by atoms with Gasteiger partial charge in [0.25, 0.3) is 0 Å². The summed E-state index contributed by atoms with van der Waals surface area (Å²) in [5.74, 6) is 0.185. The minimum absolute atomic E-state index is 0.0397. The molecule has 196 valence electrons. The Morgan fingerprint density at radius 2 is 1.79 bits per heavy atom. The number of nitrogens with one attached hydrogen (secondary N) is 2. The topological polar surface area (TPSA) is 117 Å². The summed E-state index contributed by atoms with van der Waals surface area (Å²) < 4.78 is 0. The Bertz CT molecular complexity index is 1430. The van der Waals surface area contributed by atoms with Crippen molar-refractivity contribution in [3.05, 3.63) is 88.6 Å². The minimum Gasteiger partial charge on any atom is -0.329 e. The molecule has 1 spiro atoms. The minimum atomic E-state index is -0.666. The molecule has 2 aromatic carbocycles. The molecule has 3 amide bonds. The van der Waals surface area contributed by atoms with Gasteiger partial charge >= 0.3 is 0 Å². The predicted molar refractivity (Wildman–Crippen MR) is 146 cm³/mol. The summed E-state index contributed by atoms with van der Waals surface area (Å²) in [7, 11) is 0. The molecule has 8 heteroatoms. The highest BCUT2D eigenvalue weighted by molar-refractivity contribution is 6.06. The van der Waals surface area contributed by atoms with Crippen LogP contribution in [-0.4, -0.2) is 34.2 Å². The average Bonchev–Trinajstić information content (AvgIpc) is 3.40. The van der Waals surface area contributed by atoms with Gasteiger partial charge in [0.05, 0.1) is 5.41 Å². The molecule has 0 bridgehead atoms. The molecule has 1 atom stereocenters. The first-order chi connectivity index (χ1) is 18.1.